The zero-order valence-electron chi connectivity index (χ0n) is 14.3. The van der Waals surface area contributed by atoms with Gasteiger partial charge in [-0.05, 0) is 43.5 Å². The fourth-order valence-corrected chi connectivity index (χ4v) is 3.21. The number of piperidine rings is 1. The number of hydrogen-bond donors (Lipinski definition) is 2. The average molecular weight is 384 g/mol. The summed E-state index contributed by atoms with van der Waals surface area (Å²) in [5.74, 6) is 0.281. The lowest BCUT2D eigenvalue weighted by Crippen LogP contribution is -2.50. The summed E-state index contributed by atoms with van der Waals surface area (Å²) in [7, 11) is 0. The minimum Gasteiger partial charge on any atom is -0.346 e. The molecule has 1 amide bonds. The summed E-state index contributed by atoms with van der Waals surface area (Å²) in [6.45, 7) is 5.94. The topological polar surface area (TPSA) is 71.8 Å². The van der Waals surface area contributed by atoms with Gasteiger partial charge in [-0.2, -0.15) is 0 Å². The van der Waals surface area contributed by atoms with Crippen LogP contribution < -0.4 is 10.6 Å². The van der Waals surface area contributed by atoms with E-state index in [4.69, 9.17) is 11.6 Å². The molecular weight excluding hydrogens is 361 g/mol. The van der Waals surface area contributed by atoms with Gasteiger partial charge in [-0.15, -0.1) is 17.5 Å². The van der Waals surface area contributed by atoms with Crippen LogP contribution in [0.2, 0.25) is 5.02 Å². The number of nitrogens with one attached hydrogen (secondary N) is 2. The number of benzene rings is 1. The number of halogens is 2. The van der Waals surface area contributed by atoms with Crippen LogP contribution in [0.4, 0.5) is 0 Å². The van der Waals surface area contributed by atoms with E-state index in [2.05, 4.69) is 27.9 Å². The van der Waals surface area contributed by atoms with Crippen molar-refractivity contribution < 1.29 is 4.79 Å². The van der Waals surface area contributed by atoms with E-state index in [-0.39, 0.29) is 24.4 Å². The zero-order valence-corrected chi connectivity index (χ0v) is 15.9. The Morgan fingerprint density at radius 2 is 2.28 bits per heavy atom. The van der Waals surface area contributed by atoms with Crippen LogP contribution in [0.5, 0.6) is 0 Å². The van der Waals surface area contributed by atoms with Crippen LogP contribution >= 0.6 is 24.0 Å². The Kier molecular flexibility index (Phi) is 6.81. The van der Waals surface area contributed by atoms with Gasteiger partial charge < -0.3 is 10.6 Å². The lowest BCUT2D eigenvalue weighted by Gasteiger charge is -2.30. The first kappa shape index (κ1) is 19.7. The van der Waals surface area contributed by atoms with Crippen molar-refractivity contribution in [2.75, 3.05) is 13.1 Å². The lowest BCUT2D eigenvalue weighted by molar-refractivity contribution is 0.0909. The first-order valence-electron chi connectivity index (χ1n) is 8.32. The minimum absolute atomic E-state index is 0. The van der Waals surface area contributed by atoms with Crippen LogP contribution in [0.15, 0.2) is 24.3 Å². The van der Waals surface area contributed by atoms with Gasteiger partial charge in [0.2, 0.25) is 0 Å². The van der Waals surface area contributed by atoms with Crippen LogP contribution in [0.1, 0.15) is 36.5 Å². The number of rotatable bonds is 4. The highest BCUT2D eigenvalue weighted by molar-refractivity contribution is 6.30. The molecule has 6 nitrogen and oxygen atoms in total. The first-order valence-corrected chi connectivity index (χ1v) is 8.70. The van der Waals surface area contributed by atoms with Crippen LogP contribution in [0, 0.1) is 5.92 Å². The molecule has 0 bridgehead atoms. The Hall–Kier alpha value is -1.63. The molecule has 2 atom stereocenters. The molecule has 136 valence electrons. The molecule has 2 N–H and O–H groups in total. The largest absolute Gasteiger partial charge is 0.346 e. The Morgan fingerprint density at radius 1 is 1.48 bits per heavy atom. The van der Waals surface area contributed by atoms with E-state index < -0.39 is 0 Å². The van der Waals surface area contributed by atoms with E-state index in [1.54, 1.807) is 10.7 Å². The molecule has 1 aromatic heterocycles. The fraction of sp³-hybridized carbons (Fsp3) is 0.471. The maximum Gasteiger partial charge on any atom is 0.274 e. The molecule has 2 aromatic rings. The second kappa shape index (κ2) is 8.65. The van der Waals surface area contributed by atoms with Gasteiger partial charge >= 0.3 is 0 Å². The van der Waals surface area contributed by atoms with Gasteiger partial charge in [0.25, 0.3) is 5.91 Å². The number of carbonyl (C=O) groups excluding carboxylic acids is 1. The maximum absolute atomic E-state index is 12.7. The number of carbonyl (C=O) groups is 1. The van der Waals surface area contributed by atoms with E-state index >= 15 is 0 Å². The third kappa shape index (κ3) is 4.32. The number of amides is 1. The summed E-state index contributed by atoms with van der Waals surface area (Å²) in [5.41, 5.74) is 1.97. The average Bonchev–Trinajstić information content (AvgIpc) is 3.01. The first-order chi connectivity index (χ1) is 11.6. The quantitative estimate of drug-likeness (QED) is 0.850. The second-order valence-electron chi connectivity index (χ2n) is 6.18. The Labute approximate surface area is 158 Å². The standard InChI is InChI=1S/C17H22ClN5O.ClH/c1-3-15-16(17(24)20-14-10-19-8-7-11(14)2)21-22-23(15)13-6-4-5-12(18)9-13;/h4-6,9,11,14,19H,3,7-8,10H2,1-2H3,(H,20,24);1H. The van der Waals surface area contributed by atoms with Crippen molar-refractivity contribution >= 4 is 29.9 Å². The third-order valence-electron chi connectivity index (χ3n) is 4.51. The normalized spacial score (nSPS) is 20.0. The highest BCUT2D eigenvalue weighted by Crippen LogP contribution is 2.18. The van der Waals surface area contributed by atoms with E-state index in [0.717, 1.165) is 30.9 Å². The SMILES string of the molecule is CCc1c(C(=O)NC2CNCCC2C)nnn1-c1cccc(Cl)c1.Cl. The predicted molar refractivity (Wildman–Crippen MR) is 101 cm³/mol. The number of hydrogen-bond acceptors (Lipinski definition) is 4. The predicted octanol–water partition coefficient (Wildman–Crippen LogP) is 2.63. The summed E-state index contributed by atoms with van der Waals surface area (Å²) in [5, 5.41) is 15.3. The van der Waals surface area contributed by atoms with Gasteiger partial charge in [-0.1, -0.05) is 36.7 Å². The summed E-state index contributed by atoms with van der Waals surface area (Å²) in [6.07, 6.45) is 1.71. The Balaban J connectivity index is 0.00000225. The minimum atomic E-state index is -0.166. The van der Waals surface area contributed by atoms with E-state index in [1.165, 1.54) is 0 Å². The molecule has 1 fully saturated rings. The molecule has 1 saturated heterocycles. The van der Waals surface area contributed by atoms with Crippen LogP contribution in [0.25, 0.3) is 5.69 Å². The molecule has 0 aliphatic carbocycles. The number of aromatic nitrogens is 3. The Bertz CT molecular complexity index is 734. The second-order valence-corrected chi connectivity index (χ2v) is 6.62. The molecule has 0 radical (unpaired) electrons. The maximum atomic E-state index is 12.7. The molecule has 0 saturated carbocycles. The zero-order chi connectivity index (χ0) is 17.1. The summed E-state index contributed by atoms with van der Waals surface area (Å²) < 4.78 is 1.68. The van der Waals surface area contributed by atoms with Gasteiger partial charge in [0.1, 0.15) is 0 Å². The van der Waals surface area contributed by atoms with Crippen LogP contribution in [0.3, 0.4) is 0 Å². The van der Waals surface area contributed by atoms with Crippen molar-refractivity contribution in [2.45, 2.75) is 32.7 Å². The molecule has 8 heteroatoms. The molecule has 1 aromatic carbocycles. The molecule has 2 heterocycles. The van der Waals surface area contributed by atoms with Gasteiger partial charge in [0.15, 0.2) is 5.69 Å². The lowest BCUT2D eigenvalue weighted by atomic mass is 9.94. The molecule has 0 spiro atoms. The van der Waals surface area contributed by atoms with Gasteiger partial charge in [0.05, 0.1) is 11.4 Å². The van der Waals surface area contributed by atoms with Crippen molar-refractivity contribution in [3.05, 3.63) is 40.7 Å². The monoisotopic (exact) mass is 383 g/mol. The highest BCUT2D eigenvalue weighted by Gasteiger charge is 2.26. The van der Waals surface area contributed by atoms with Crippen molar-refractivity contribution in [2.24, 2.45) is 5.92 Å². The molecule has 25 heavy (non-hydrogen) atoms. The fourth-order valence-electron chi connectivity index (χ4n) is 3.03. The van der Waals surface area contributed by atoms with Crippen molar-refractivity contribution in [3.63, 3.8) is 0 Å². The Morgan fingerprint density at radius 3 is 2.96 bits per heavy atom. The van der Waals surface area contributed by atoms with Crippen LogP contribution in [-0.4, -0.2) is 40.0 Å². The van der Waals surface area contributed by atoms with Gasteiger partial charge in [0, 0.05) is 17.6 Å². The molecule has 1 aliphatic rings. The third-order valence-corrected chi connectivity index (χ3v) is 4.75. The van der Waals surface area contributed by atoms with Crippen LogP contribution in [-0.2, 0) is 6.42 Å². The van der Waals surface area contributed by atoms with E-state index in [0.29, 0.717) is 23.1 Å². The molecule has 2 unspecified atom stereocenters. The highest BCUT2D eigenvalue weighted by atomic mass is 35.5. The smallest absolute Gasteiger partial charge is 0.274 e. The van der Waals surface area contributed by atoms with Crippen molar-refractivity contribution in [1.29, 1.82) is 0 Å². The summed E-state index contributed by atoms with van der Waals surface area (Å²) in [4.78, 5) is 12.7. The summed E-state index contributed by atoms with van der Waals surface area (Å²) in [6, 6.07) is 7.48. The number of nitrogens with zero attached hydrogens (tertiary/aromatic N) is 3. The summed E-state index contributed by atoms with van der Waals surface area (Å²) >= 11 is 6.06. The van der Waals surface area contributed by atoms with Gasteiger partial charge in [-0.3, -0.25) is 4.79 Å². The molecule has 1 aliphatic heterocycles. The molecule has 3 rings (SSSR count). The molecular formula is C17H23Cl2N5O. The van der Waals surface area contributed by atoms with E-state index in [1.807, 2.05) is 25.1 Å². The van der Waals surface area contributed by atoms with Crippen molar-refractivity contribution in [1.82, 2.24) is 25.6 Å². The van der Waals surface area contributed by atoms with Crippen molar-refractivity contribution in [3.8, 4) is 5.69 Å². The van der Waals surface area contributed by atoms with E-state index in [9.17, 15) is 4.79 Å². The van der Waals surface area contributed by atoms with Gasteiger partial charge in [-0.25, -0.2) is 4.68 Å².